The van der Waals surface area contributed by atoms with Crippen molar-refractivity contribution in [2.75, 3.05) is 0 Å². The smallest absolute Gasteiger partial charge is 0.291 e. The molecule has 0 fully saturated rings. The second kappa shape index (κ2) is 6.69. The molecule has 7 nitrogen and oxygen atoms in total. The van der Waals surface area contributed by atoms with Gasteiger partial charge in [0.05, 0.1) is 0 Å². The lowest BCUT2D eigenvalue weighted by Crippen LogP contribution is -2.25. The minimum Gasteiger partial charge on any atom is -0.298 e. The molecule has 1 aromatic carbocycles. The lowest BCUT2D eigenvalue weighted by atomic mass is 10.1. The number of benzene rings is 1. The Hall–Kier alpha value is -2.45. The summed E-state index contributed by atoms with van der Waals surface area (Å²) in [5.74, 6) is 0.553. The highest BCUT2D eigenvalue weighted by Crippen LogP contribution is 2.15. The summed E-state index contributed by atoms with van der Waals surface area (Å²) in [6.45, 7) is 8.16. The molecular formula is C18H22N4O3S. The highest BCUT2D eigenvalue weighted by Gasteiger charge is 2.19. The molecule has 0 saturated carbocycles. The predicted octanol–water partition coefficient (Wildman–Crippen LogP) is 1.92. The first-order chi connectivity index (χ1) is 12.2. The Bertz CT molecular complexity index is 1140. The number of aryl methyl sites for hydroxylation is 4. The zero-order chi connectivity index (χ0) is 19.1. The maximum Gasteiger partial charge on any atom is 0.291 e. The van der Waals surface area contributed by atoms with Crippen LogP contribution in [0, 0.1) is 20.8 Å². The Morgan fingerprint density at radius 3 is 2.50 bits per heavy atom. The number of hydrogen-bond acceptors (Lipinski definition) is 4. The standard InChI is InChI=1S/C18H22N4O3S/c1-5-22-18(23)17-9-16(11-21(17)14(4)20-22)26(24,25)19-10-15-7-6-12(2)13(3)8-15/h6-9,11,19H,5,10H2,1-4H3. The van der Waals surface area contributed by atoms with E-state index in [0.717, 1.165) is 16.7 Å². The van der Waals surface area contributed by atoms with Gasteiger partial charge in [0.1, 0.15) is 16.2 Å². The Labute approximate surface area is 152 Å². The summed E-state index contributed by atoms with van der Waals surface area (Å²) in [7, 11) is -3.74. The number of nitrogens with one attached hydrogen (secondary N) is 1. The Morgan fingerprint density at radius 1 is 1.12 bits per heavy atom. The van der Waals surface area contributed by atoms with Gasteiger partial charge in [-0.1, -0.05) is 18.2 Å². The van der Waals surface area contributed by atoms with Crippen LogP contribution in [0.2, 0.25) is 0 Å². The van der Waals surface area contributed by atoms with Gasteiger partial charge in [-0.3, -0.25) is 9.20 Å². The average Bonchev–Trinajstić information content (AvgIpc) is 3.06. The van der Waals surface area contributed by atoms with Crippen molar-refractivity contribution in [3.05, 3.63) is 63.3 Å². The summed E-state index contributed by atoms with van der Waals surface area (Å²) >= 11 is 0. The fourth-order valence-electron chi connectivity index (χ4n) is 2.81. The van der Waals surface area contributed by atoms with Gasteiger partial charge in [-0.05, 0) is 50.5 Å². The highest BCUT2D eigenvalue weighted by molar-refractivity contribution is 7.89. The summed E-state index contributed by atoms with van der Waals surface area (Å²) in [5.41, 5.74) is 3.13. The van der Waals surface area contributed by atoms with E-state index in [1.807, 2.05) is 39.0 Å². The molecule has 0 aliphatic carbocycles. The predicted molar refractivity (Wildman–Crippen MR) is 99.8 cm³/mol. The number of nitrogens with zero attached hydrogens (tertiary/aromatic N) is 3. The maximum atomic E-state index is 12.7. The molecule has 0 radical (unpaired) electrons. The van der Waals surface area contributed by atoms with Crippen molar-refractivity contribution < 1.29 is 8.42 Å². The third-order valence-corrected chi connectivity index (χ3v) is 5.88. The second-order valence-electron chi connectivity index (χ2n) is 6.34. The quantitative estimate of drug-likeness (QED) is 0.739. The Balaban J connectivity index is 1.94. The van der Waals surface area contributed by atoms with Crippen LogP contribution in [0.3, 0.4) is 0 Å². The zero-order valence-electron chi connectivity index (χ0n) is 15.3. The first kappa shape index (κ1) is 18.3. The van der Waals surface area contributed by atoms with E-state index in [1.54, 1.807) is 6.92 Å². The summed E-state index contributed by atoms with van der Waals surface area (Å²) < 4.78 is 30.7. The summed E-state index contributed by atoms with van der Waals surface area (Å²) in [5, 5.41) is 4.18. The molecule has 0 spiro atoms. The van der Waals surface area contributed by atoms with Crippen molar-refractivity contribution in [3.8, 4) is 0 Å². The van der Waals surface area contributed by atoms with Gasteiger partial charge < -0.3 is 0 Å². The van der Waals surface area contributed by atoms with Crippen LogP contribution in [0.5, 0.6) is 0 Å². The van der Waals surface area contributed by atoms with E-state index in [2.05, 4.69) is 9.82 Å². The number of hydrogen-bond donors (Lipinski definition) is 1. The molecule has 8 heteroatoms. The van der Waals surface area contributed by atoms with E-state index < -0.39 is 10.0 Å². The molecule has 2 heterocycles. The molecule has 2 aromatic heterocycles. The largest absolute Gasteiger partial charge is 0.298 e. The molecule has 26 heavy (non-hydrogen) atoms. The van der Waals surface area contributed by atoms with E-state index in [0.29, 0.717) is 17.9 Å². The molecule has 0 amide bonds. The molecule has 0 saturated heterocycles. The van der Waals surface area contributed by atoms with Crippen molar-refractivity contribution in [3.63, 3.8) is 0 Å². The van der Waals surface area contributed by atoms with Gasteiger partial charge >= 0.3 is 0 Å². The summed E-state index contributed by atoms with van der Waals surface area (Å²) in [6, 6.07) is 7.22. The first-order valence-corrected chi connectivity index (χ1v) is 9.87. The van der Waals surface area contributed by atoms with E-state index in [4.69, 9.17) is 0 Å². The van der Waals surface area contributed by atoms with Gasteiger partial charge in [-0.25, -0.2) is 17.8 Å². The van der Waals surface area contributed by atoms with Crippen molar-refractivity contribution in [2.24, 2.45) is 0 Å². The van der Waals surface area contributed by atoms with Crippen LogP contribution >= 0.6 is 0 Å². The van der Waals surface area contributed by atoms with Gasteiger partial charge in [-0.15, -0.1) is 0 Å². The van der Waals surface area contributed by atoms with E-state index in [1.165, 1.54) is 21.3 Å². The Kier molecular flexibility index (Phi) is 4.72. The van der Waals surface area contributed by atoms with Crippen molar-refractivity contribution in [1.29, 1.82) is 0 Å². The summed E-state index contributed by atoms with van der Waals surface area (Å²) in [4.78, 5) is 12.4. The van der Waals surface area contributed by atoms with Crippen LogP contribution in [0.4, 0.5) is 0 Å². The van der Waals surface area contributed by atoms with E-state index in [9.17, 15) is 13.2 Å². The van der Waals surface area contributed by atoms with Crippen LogP contribution in [-0.2, 0) is 23.1 Å². The molecule has 0 aliphatic heterocycles. The van der Waals surface area contributed by atoms with Gasteiger partial charge in [-0.2, -0.15) is 5.10 Å². The molecule has 0 unspecified atom stereocenters. The SMILES string of the molecule is CCn1nc(C)n2cc(S(=O)(=O)NCc3ccc(C)c(C)c3)cc2c1=O. The van der Waals surface area contributed by atoms with E-state index >= 15 is 0 Å². The van der Waals surface area contributed by atoms with Gasteiger partial charge in [0.2, 0.25) is 10.0 Å². The Morgan fingerprint density at radius 2 is 1.85 bits per heavy atom. The highest BCUT2D eigenvalue weighted by atomic mass is 32.2. The van der Waals surface area contributed by atoms with Gasteiger partial charge in [0.25, 0.3) is 5.56 Å². The first-order valence-electron chi connectivity index (χ1n) is 8.38. The van der Waals surface area contributed by atoms with Crippen LogP contribution in [0.15, 0.2) is 40.2 Å². The normalized spacial score (nSPS) is 12.0. The number of rotatable bonds is 5. The molecular weight excluding hydrogens is 352 g/mol. The van der Waals surface area contributed by atoms with E-state index in [-0.39, 0.29) is 17.0 Å². The monoisotopic (exact) mass is 374 g/mol. The zero-order valence-corrected chi connectivity index (χ0v) is 16.1. The average molecular weight is 374 g/mol. The van der Waals surface area contributed by atoms with Gasteiger partial charge in [0, 0.05) is 19.3 Å². The number of sulfonamides is 1. The minimum absolute atomic E-state index is 0.0530. The maximum absolute atomic E-state index is 12.7. The fraction of sp³-hybridized carbons (Fsp3) is 0.333. The van der Waals surface area contributed by atoms with Crippen molar-refractivity contribution in [1.82, 2.24) is 18.9 Å². The topological polar surface area (TPSA) is 85.5 Å². The van der Waals surface area contributed by atoms with Gasteiger partial charge in [0.15, 0.2) is 0 Å². The lowest BCUT2D eigenvalue weighted by Gasteiger charge is -2.07. The van der Waals surface area contributed by atoms with Crippen molar-refractivity contribution in [2.45, 2.75) is 45.7 Å². The molecule has 0 aliphatic rings. The van der Waals surface area contributed by atoms with Crippen LogP contribution in [-0.4, -0.2) is 22.6 Å². The molecule has 1 N–H and O–H groups in total. The molecule has 0 bridgehead atoms. The third kappa shape index (κ3) is 3.30. The van der Waals surface area contributed by atoms with Crippen LogP contribution < -0.4 is 10.3 Å². The summed E-state index contributed by atoms with van der Waals surface area (Å²) in [6.07, 6.45) is 1.43. The van der Waals surface area contributed by atoms with Crippen LogP contribution in [0.25, 0.3) is 5.52 Å². The lowest BCUT2D eigenvalue weighted by molar-refractivity contribution is 0.581. The molecule has 0 atom stereocenters. The molecule has 3 aromatic rings. The van der Waals surface area contributed by atoms with Crippen molar-refractivity contribution >= 4 is 15.5 Å². The third-order valence-electron chi connectivity index (χ3n) is 4.51. The minimum atomic E-state index is -3.74. The van der Waals surface area contributed by atoms with Crippen LogP contribution in [0.1, 0.15) is 29.4 Å². The second-order valence-corrected chi connectivity index (χ2v) is 8.11. The number of aromatic nitrogens is 3. The molecule has 138 valence electrons. The number of fused-ring (bicyclic) bond motifs is 1. The fourth-order valence-corrected chi connectivity index (χ4v) is 3.84. The molecule has 3 rings (SSSR count).